The quantitative estimate of drug-likeness (QED) is 0.233. The first-order valence-electron chi connectivity index (χ1n) is 10.3. The molecule has 0 radical (unpaired) electrons. The number of thiocarbonyl (C=S) groups is 1. The van der Waals surface area contributed by atoms with Crippen molar-refractivity contribution in [1.82, 2.24) is 9.36 Å². The van der Waals surface area contributed by atoms with Gasteiger partial charge < -0.3 is 4.42 Å². The van der Waals surface area contributed by atoms with Crippen LogP contribution in [0.2, 0.25) is 0 Å². The maximum absolute atomic E-state index is 13.4. The Morgan fingerprint density at radius 2 is 1.71 bits per heavy atom. The van der Waals surface area contributed by atoms with Crippen LogP contribution < -0.4 is 10.5 Å². The predicted molar refractivity (Wildman–Crippen MR) is 143 cm³/mol. The summed E-state index contributed by atoms with van der Waals surface area (Å²) in [4.78, 5) is 28.4. The molecule has 1 aliphatic rings. The normalized spacial score (nSPS) is 15.0. The Hall–Kier alpha value is -3.14. The van der Waals surface area contributed by atoms with Crippen molar-refractivity contribution in [3.05, 3.63) is 97.9 Å². The molecule has 4 aromatic rings. The zero-order valence-corrected chi connectivity index (χ0v) is 21.4. The molecule has 3 heterocycles. The van der Waals surface area contributed by atoms with Crippen LogP contribution in [0.4, 0.5) is 5.69 Å². The van der Waals surface area contributed by atoms with E-state index in [1.165, 1.54) is 9.58 Å². The van der Waals surface area contributed by atoms with Crippen LogP contribution in [0.25, 0.3) is 23.1 Å². The van der Waals surface area contributed by atoms with Gasteiger partial charge in [-0.2, -0.15) is 0 Å². The lowest BCUT2D eigenvalue weighted by Crippen LogP contribution is -2.33. The van der Waals surface area contributed by atoms with Gasteiger partial charge in [0.15, 0.2) is 4.32 Å². The molecule has 0 spiro atoms. The number of furan rings is 1. The van der Waals surface area contributed by atoms with Gasteiger partial charge in [-0.1, -0.05) is 70.2 Å². The molecule has 0 saturated carbocycles. The van der Waals surface area contributed by atoms with Crippen molar-refractivity contribution < 1.29 is 9.21 Å². The molecule has 6 nitrogen and oxygen atoms in total. The maximum Gasteiger partial charge on any atom is 0.296 e. The summed E-state index contributed by atoms with van der Waals surface area (Å²) in [6.45, 7) is 1.80. The molecule has 1 saturated heterocycles. The molecule has 2 aromatic heterocycles. The number of nitrogens with zero attached hydrogens (tertiary/aromatic N) is 3. The number of anilines is 1. The first kappa shape index (κ1) is 22.6. The van der Waals surface area contributed by atoms with Crippen LogP contribution in [0.15, 0.2) is 85.3 Å². The molecule has 1 amide bonds. The molecular weight excluding hydrogens is 534 g/mol. The van der Waals surface area contributed by atoms with Crippen molar-refractivity contribution in [2.45, 2.75) is 6.92 Å². The largest absolute Gasteiger partial charge is 0.457 e. The third kappa shape index (κ3) is 3.89. The van der Waals surface area contributed by atoms with E-state index in [0.29, 0.717) is 32.1 Å². The van der Waals surface area contributed by atoms with E-state index in [-0.39, 0.29) is 17.2 Å². The minimum atomic E-state index is -0.345. The lowest BCUT2D eigenvalue weighted by molar-refractivity contribution is -0.113. The molecule has 0 aliphatic carbocycles. The minimum absolute atomic E-state index is 0.257. The van der Waals surface area contributed by atoms with Crippen LogP contribution in [-0.4, -0.2) is 19.6 Å². The van der Waals surface area contributed by atoms with Crippen molar-refractivity contribution >= 4 is 61.9 Å². The first-order valence-corrected chi connectivity index (χ1v) is 12.3. The summed E-state index contributed by atoms with van der Waals surface area (Å²) in [5.74, 6) is 0.881. The number of amides is 1. The van der Waals surface area contributed by atoms with Crippen LogP contribution in [0.5, 0.6) is 0 Å². The molecule has 170 valence electrons. The maximum atomic E-state index is 13.4. The number of carbonyl (C=O) groups excluding carboxylic acids is 1. The SMILES string of the molecule is Cc1c(N2C(=O)/C(=C/c3ccc(-c4ccc(Br)cc4)o3)SC2=S)c(=O)n(-c2ccccc2)n1C. The van der Waals surface area contributed by atoms with Crippen molar-refractivity contribution in [3.63, 3.8) is 0 Å². The number of aromatic nitrogens is 2. The highest BCUT2D eigenvalue weighted by Crippen LogP contribution is 2.37. The van der Waals surface area contributed by atoms with E-state index in [1.807, 2.05) is 60.7 Å². The average Bonchev–Trinajstić information content (AvgIpc) is 3.46. The zero-order chi connectivity index (χ0) is 24.0. The van der Waals surface area contributed by atoms with E-state index in [2.05, 4.69) is 15.9 Å². The predicted octanol–water partition coefficient (Wildman–Crippen LogP) is 5.91. The van der Waals surface area contributed by atoms with Crippen LogP contribution in [-0.2, 0) is 11.8 Å². The number of carbonyl (C=O) groups is 1. The molecule has 2 aromatic carbocycles. The number of hydrogen-bond donors (Lipinski definition) is 0. The van der Waals surface area contributed by atoms with Gasteiger partial charge in [-0.15, -0.1) is 0 Å². The van der Waals surface area contributed by atoms with E-state index in [0.717, 1.165) is 21.8 Å². The van der Waals surface area contributed by atoms with Gasteiger partial charge in [0.2, 0.25) is 0 Å². The Bertz CT molecular complexity index is 1520. The summed E-state index contributed by atoms with van der Waals surface area (Å²) >= 11 is 10.1. The van der Waals surface area contributed by atoms with Gasteiger partial charge in [0, 0.05) is 23.2 Å². The third-order valence-corrected chi connectivity index (χ3v) is 7.40. The highest BCUT2D eigenvalue weighted by molar-refractivity contribution is 9.10. The van der Waals surface area contributed by atoms with E-state index in [4.69, 9.17) is 16.6 Å². The van der Waals surface area contributed by atoms with Crippen LogP contribution in [0.1, 0.15) is 11.5 Å². The average molecular weight is 552 g/mol. The van der Waals surface area contributed by atoms with E-state index in [1.54, 1.807) is 30.8 Å². The molecule has 0 atom stereocenters. The van der Waals surface area contributed by atoms with Crippen LogP contribution >= 0.6 is 39.9 Å². The Labute approximate surface area is 213 Å². The smallest absolute Gasteiger partial charge is 0.296 e. The molecule has 1 fully saturated rings. The number of thioether (sulfide) groups is 1. The fourth-order valence-electron chi connectivity index (χ4n) is 3.80. The molecule has 0 unspecified atom stereocenters. The van der Waals surface area contributed by atoms with E-state index >= 15 is 0 Å². The standard InChI is InChI=1S/C25H18BrN3O3S2/c1-15-22(24(31)29(27(15)2)18-6-4-3-5-7-18)28-23(30)21(34-25(28)33)14-19-12-13-20(32-19)16-8-10-17(26)11-9-16/h3-14H,1-2H3/b21-14-. The highest BCUT2D eigenvalue weighted by Gasteiger charge is 2.38. The number of para-hydroxylation sites is 1. The second kappa shape index (κ2) is 8.90. The lowest BCUT2D eigenvalue weighted by Gasteiger charge is -2.12. The Morgan fingerprint density at radius 1 is 1.00 bits per heavy atom. The summed E-state index contributed by atoms with van der Waals surface area (Å²) < 4.78 is 10.5. The summed E-state index contributed by atoms with van der Waals surface area (Å²) in [5.41, 5.74) is 2.23. The van der Waals surface area contributed by atoms with Crippen molar-refractivity contribution in [3.8, 4) is 17.0 Å². The van der Waals surface area contributed by atoms with Crippen LogP contribution in [0, 0.1) is 6.92 Å². The van der Waals surface area contributed by atoms with E-state index in [9.17, 15) is 9.59 Å². The first-order chi connectivity index (χ1) is 16.3. The van der Waals surface area contributed by atoms with Crippen LogP contribution in [0.3, 0.4) is 0 Å². The van der Waals surface area contributed by atoms with Gasteiger partial charge in [-0.25, -0.2) is 4.68 Å². The zero-order valence-electron chi connectivity index (χ0n) is 18.2. The summed E-state index contributed by atoms with van der Waals surface area (Å²) in [6.07, 6.45) is 1.66. The van der Waals surface area contributed by atoms with Crippen molar-refractivity contribution in [1.29, 1.82) is 0 Å². The highest BCUT2D eigenvalue weighted by atomic mass is 79.9. The van der Waals surface area contributed by atoms with Gasteiger partial charge in [-0.3, -0.25) is 19.2 Å². The fraction of sp³-hybridized carbons (Fsp3) is 0.0800. The summed E-state index contributed by atoms with van der Waals surface area (Å²) in [5, 5.41) is 0. The molecular formula is C25H18BrN3O3S2. The molecule has 9 heteroatoms. The second-order valence-corrected chi connectivity index (χ2v) is 10.2. The van der Waals surface area contributed by atoms with Gasteiger partial charge >= 0.3 is 0 Å². The van der Waals surface area contributed by atoms with Crippen molar-refractivity contribution in [2.75, 3.05) is 4.90 Å². The number of rotatable bonds is 4. The number of halogens is 1. The summed E-state index contributed by atoms with van der Waals surface area (Å²) in [6, 6.07) is 20.7. The van der Waals surface area contributed by atoms with E-state index < -0.39 is 0 Å². The topological polar surface area (TPSA) is 60.4 Å². The third-order valence-electron chi connectivity index (χ3n) is 5.57. The van der Waals surface area contributed by atoms with Gasteiger partial charge in [0.1, 0.15) is 17.2 Å². The summed E-state index contributed by atoms with van der Waals surface area (Å²) in [7, 11) is 1.78. The minimum Gasteiger partial charge on any atom is -0.457 e. The molecule has 34 heavy (non-hydrogen) atoms. The van der Waals surface area contributed by atoms with Crippen molar-refractivity contribution in [2.24, 2.45) is 7.05 Å². The molecule has 5 rings (SSSR count). The number of benzene rings is 2. The Balaban J connectivity index is 1.49. The Kier molecular flexibility index (Phi) is 5.93. The molecule has 0 bridgehead atoms. The second-order valence-electron chi connectivity index (χ2n) is 7.64. The van der Waals surface area contributed by atoms with Gasteiger partial charge in [0.05, 0.1) is 16.3 Å². The fourth-order valence-corrected chi connectivity index (χ4v) is 5.32. The number of hydrogen-bond acceptors (Lipinski definition) is 5. The van der Waals surface area contributed by atoms with Gasteiger partial charge in [-0.05, 0) is 43.3 Å². The molecule has 0 N–H and O–H groups in total. The monoisotopic (exact) mass is 551 g/mol. The lowest BCUT2D eigenvalue weighted by atomic mass is 10.2. The Morgan fingerprint density at radius 3 is 2.41 bits per heavy atom. The van der Waals surface area contributed by atoms with Gasteiger partial charge in [0.25, 0.3) is 11.5 Å². The molecule has 1 aliphatic heterocycles.